The fraction of sp³-hybridized carbons (Fsp3) is 0.267. The predicted molar refractivity (Wildman–Crippen MR) is 76.4 cm³/mol. The Morgan fingerprint density at radius 1 is 0.950 bits per heavy atom. The Morgan fingerprint density at radius 3 is 2.35 bits per heavy atom. The molecule has 1 unspecified atom stereocenters. The van der Waals surface area contributed by atoms with Crippen molar-refractivity contribution < 1.29 is 14.2 Å². The van der Waals surface area contributed by atoms with Crippen LogP contribution in [0.15, 0.2) is 36.7 Å². The molecule has 0 spiro atoms. The van der Waals surface area contributed by atoms with Crippen LogP contribution in [0, 0.1) is 0 Å². The summed E-state index contributed by atoms with van der Waals surface area (Å²) in [6, 6.07) is 6.98. The molecule has 5 nitrogen and oxygen atoms in total. The normalized spacial score (nSPS) is 11.8. The van der Waals surface area contributed by atoms with Crippen LogP contribution in [-0.2, 0) is 0 Å². The topological polar surface area (TPSA) is 66.6 Å². The lowest BCUT2D eigenvalue weighted by molar-refractivity contribution is 0.393. The van der Waals surface area contributed by atoms with Crippen molar-refractivity contribution in [2.45, 2.75) is 6.04 Å². The van der Waals surface area contributed by atoms with E-state index in [0.29, 0.717) is 11.5 Å². The van der Waals surface area contributed by atoms with Gasteiger partial charge in [0.25, 0.3) is 0 Å². The molecule has 2 N–H and O–H groups in total. The number of benzene rings is 1. The highest BCUT2D eigenvalue weighted by Gasteiger charge is 2.18. The number of rotatable bonds is 5. The molecule has 1 atom stereocenters. The number of aromatic nitrogens is 1. The van der Waals surface area contributed by atoms with Crippen molar-refractivity contribution in [1.29, 1.82) is 0 Å². The maximum Gasteiger partial charge on any atom is 0.142 e. The first-order valence-corrected chi connectivity index (χ1v) is 6.16. The highest BCUT2D eigenvalue weighted by Crippen LogP contribution is 2.34. The van der Waals surface area contributed by atoms with Gasteiger partial charge in [0.1, 0.15) is 17.2 Å². The number of hydrogen-bond acceptors (Lipinski definition) is 5. The average Bonchev–Trinajstić information content (AvgIpc) is 2.53. The number of pyridine rings is 1. The van der Waals surface area contributed by atoms with Gasteiger partial charge in [0.15, 0.2) is 0 Å². The predicted octanol–water partition coefficient (Wildman–Crippen LogP) is 2.16. The monoisotopic (exact) mass is 274 g/mol. The minimum Gasteiger partial charge on any atom is -0.497 e. The molecular formula is C15H18N2O3. The Kier molecular flexibility index (Phi) is 4.42. The zero-order valence-electron chi connectivity index (χ0n) is 11.8. The van der Waals surface area contributed by atoms with Crippen molar-refractivity contribution >= 4 is 0 Å². The largest absolute Gasteiger partial charge is 0.497 e. The van der Waals surface area contributed by atoms with E-state index < -0.39 is 6.04 Å². The van der Waals surface area contributed by atoms with Crippen molar-refractivity contribution in [2.24, 2.45) is 5.73 Å². The van der Waals surface area contributed by atoms with Gasteiger partial charge >= 0.3 is 0 Å². The second-order valence-corrected chi connectivity index (χ2v) is 4.20. The van der Waals surface area contributed by atoms with E-state index in [9.17, 15) is 0 Å². The lowest BCUT2D eigenvalue weighted by Gasteiger charge is -2.19. The summed E-state index contributed by atoms with van der Waals surface area (Å²) in [5, 5.41) is 0. The fourth-order valence-electron chi connectivity index (χ4n) is 2.07. The van der Waals surface area contributed by atoms with Crippen molar-refractivity contribution in [3.8, 4) is 17.2 Å². The zero-order chi connectivity index (χ0) is 14.5. The second kappa shape index (κ2) is 6.25. The first-order valence-electron chi connectivity index (χ1n) is 6.16. The van der Waals surface area contributed by atoms with Gasteiger partial charge in [-0.15, -0.1) is 0 Å². The number of nitrogens with zero attached hydrogens (tertiary/aromatic N) is 1. The van der Waals surface area contributed by atoms with Crippen LogP contribution in [-0.4, -0.2) is 26.3 Å². The van der Waals surface area contributed by atoms with Gasteiger partial charge in [0, 0.05) is 17.3 Å². The van der Waals surface area contributed by atoms with E-state index in [1.807, 2.05) is 24.3 Å². The molecule has 0 saturated heterocycles. The smallest absolute Gasteiger partial charge is 0.142 e. The summed E-state index contributed by atoms with van der Waals surface area (Å²) in [6.45, 7) is 0. The van der Waals surface area contributed by atoms with Gasteiger partial charge in [-0.2, -0.15) is 0 Å². The molecule has 0 aliphatic rings. The van der Waals surface area contributed by atoms with Crippen LogP contribution in [0.3, 0.4) is 0 Å². The third-order valence-electron chi connectivity index (χ3n) is 3.14. The van der Waals surface area contributed by atoms with Gasteiger partial charge in [-0.3, -0.25) is 4.98 Å². The van der Waals surface area contributed by atoms with E-state index in [4.69, 9.17) is 19.9 Å². The Balaban J connectivity index is 2.49. The number of hydrogen-bond donors (Lipinski definition) is 1. The number of nitrogens with two attached hydrogens (primary N) is 1. The third kappa shape index (κ3) is 2.67. The Labute approximate surface area is 118 Å². The van der Waals surface area contributed by atoms with Crippen molar-refractivity contribution in [3.63, 3.8) is 0 Å². The summed E-state index contributed by atoms with van der Waals surface area (Å²) >= 11 is 0. The lowest BCUT2D eigenvalue weighted by atomic mass is 9.98. The molecule has 1 aromatic carbocycles. The highest BCUT2D eigenvalue weighted by atomic mass is 16.5. The molecule has 2 rings (SSSR count). The van der Waals surface area contributed by atoms with Crippen molar-refractivity contribution in [3.05, 3.63) is 47.8 Å². The minimum absolute atomic E-state index is 0.391. The summed E-state index contributed by atoms with van der Waals surface area (Å²) in [7, 11) is 4.82. The van der Waals surface area contributed by atoms with Gasteiger partial charge in [-0.1, -0.05) is 0 Å². The standard InChI is InChI=1S/C15H18N2O3/c1-18-10-4-5-13(19-2)12(8-10)15(16)11-6-7-17-9-14(11)20-3/h4-9,15H,16H2,1-3H3. The van der Waals surface area contributed by atoms with Crippen molar-refractivity contribution in [2.75, 3.05) is 21.3 Å². The molecule has 0 fully saturated rings. The molecule has 1 aromatic heterocycles. The van der Waals surface area contributed by atoms with E-state index in [0.717, 1.165) is 16.9 Å². The number of ether oxygens (including phenoxy) is 3. The summed E-state index contributed by atoms with van der Waals surface area (Å²) in [6.07, 6.45) is 3.33. The molecule has 1 heterocycles. The van der Waals surface area contributed by atoms with Crippen LogP contribution in [0.5, 0.6) is 17.2 Å². The Bertz CT molecular complexity index is 587. The molecule has 0 amide bonds. The highest BCUT2D eigenvalue weighted by molar-refractivity contribution is 5.48. The van der Waals surface area contributed by atoms with Crippen LogP contribution in [0.2, 0.25) is 0 Å². The molecule has 106 valence electrons. The first kappa shape index (κ1) is 14.1. The van der Waals surface area contributed by atoms with E-state index in [1.165, 1.54) is 0 Å². The molecule has 0 aliphatic heterocycles. The lowest BCUT2D eigenvalue weighted by Crippen LogP contribution is -2.14. The number of methoxy groups -OCH3 is 3. The summed E-state index contributed by atoms with van der Waals surface area (Å²) in [5.41, 5.74) is 8.02. The van der Waals surface area contributed by atoms with Crippen LogP contribution >= 0.6 is 0 Å². The van der Waals surface area contributed by atoms with Gasteiger partial charge in [0.05, 0.1) is 33.6 Å². The Morgan fingerprint density at radius 2 is 1.70 bits per heavy atom. The van der Waals surface area contributed by atoms with E-state index in [1.54, 1.807) is 33.7 Å². The van der Waals surface area contributed by atoms with Crippen LogP contribution in [0.25, 0.3) is 0 Å². The van der Waals surface area contributed by atoms with Gasteiger partial charge in [-0.25, -0.2) is 0 Å². The first-order chi connectivity index (χ1) is 9.71. The summed E-state index contributed by atoms with van der Waals surface area (Å²) in [5.74, 6) is 2.08. The van der Waals surface area contributed by atoms with Crippen LogP contribution < -0.4 is 19.9 Å². The third-order valence-corrected chi connectivity index (χ3v) is 3.14. The minimum atomic E-state index is -0.391. The average molecular weight is 274 g/mol. The molecule has 0 aliphatic carbocycles. The molecular weight excluding hydrogens is 256 g/mol. The maximum atomic E-state index is 6.35. The molecule has 20 heavy (non-hydrogen) atoms. The molecule has 2 aromatic rings. The molecule has 0 saturated carbocycles. The van der Waals surface area contributed by atoms with E-state index >= 15 is 0 Å². The summed E-state index contributed by atoms with van der Waals surface area (Å²) in [4.78, 5) is 4.03. The van der Waals surface area contributed by atoms with Crippen molar-refractivity contribution in [1.82, 2.24) is 4.98 Å². The molecule has 5 heteroatoms. The van der Waals surface area contributed by atoms with Gasteiger partial charge < -0.3 is 19.9 Å². The fourth-order valence-corrected chi connectivity index (χ4v) is 2.07. The van der Waals surface area contributed by atoms with Gasteiger partial charge in [-0.05, 0) is 24.3 Å². The van der Waals surface area contributed by atoms with E-state index in [2.05, 4.69) is 4.98 Å². The van der Waals surface area contributed by atoms with Crippen LogP contribution in [0.4, 0.5) is 0 Å². The van der Waals surface area contributed by atoms with E-state index in [-0.39, 0.29) is 0 Å². The molecule has 0 bridgehead atoms. The quantitative estimate of drug-likeness (QED) is 0.905. The zero-order valence-corrected chi connectivity index (χ0v) is 11.8. The molecule has 0 radical (unpaired) electrons. The van der Waals surface area contributed by atoms with Crippen LogP contribution in [0.1, 0.15) is 17.2 Å². The van der Waals surface area contributed by atoms with Gasteiger partial charge in [0.2, 0.25) is 0 Å². The second-order valence-electron chi connectivity index (χ2n) is 4.20. The summed E-state index contributed by atoms with van der Waals surface area (Å²) < 4.78 is 15.9. The maximum absolute atomic E-state index is 6.35. The Hall–Kier alpha value is -2.27. The SMILES string of the molecule is COc1ccc(OC)c(C(N)c2ccncc2OC)c1.